The zero-order chi connectivity index (χ0) is 11.8. The molecule has 1 saturated carbocycles. The number of aliphatic hydroxyl groups is 1. The number of hydrogen-bond donors (Lipinski definition) is 3. The number of carbonyl (C=O) groups is 1. The first-order valence-electron chi connectivity index (χ1n) is 5.98. The normalized spacial score (nSPS) is 25.1. The van der Waals surface area contributed by atoms with Gasteiger partial charge in [-0.1, -0.05) is 6.08 Å². The Labute approximate surface area is 97.1 Å². The predicted molar refractivity (Wildman–Crippen MR) is 64.0 cm³/mol. The highest BCUT2D eigenvalue weighted by molar-refractivity contribution is 5.77. The van der Waals surface area contributed by atoms with E-state index in [1.807, 2.05) is 0 Å². The average molecular weight is 226 g/mol. The zero-order valence-corrected chi connectivity index (χ0v) is 9.74. The smallest absolute Gasteiger partial charge is 0.233 e. The van der Waals surface area contributed by atoms with Crippen molar-refractivity contribution in [1.29, 1.82) is 0 Å². The Morgan fingerprint density at radius 3 is 2.69 bits per heavy atom. The third kappa shape index (κ3) is 5.28. The molecular formula is C12H22N2O2. The molecule has 0 atom stereocenters. The van der Waals surface area contributed by atoms with E-state index in [-0.39, 0.29) is 12.0 Å². The van der Waals surface area contributed by atoms with Gasteiger partial charge >= 0.3 is 0 Å². The van der Waals surface area contributed by atoms with Gasteiger partial charge in [0.1, 0.15) is 0 Å². The minimum atomic E-state index is -0.124. The Kier molecular flexibility index (Phi) is 6.11. The number of hydrogen-bond acceptors (Lipinski definition) is 3. The van der Waals surface area contributed by atoms with Crippen LogP contribution in [0.15, 0.2) is 12.7 Å². The summed E-state index contributed by atoms with van der Waals surface area (Å²) in [5.41, 5.74) is 0. The van der Waals surface area contributed by atoms with Gasteiger partial charge in [0, 0.05) is 13.1 Å². The van der Waals surface area contributed by atoms with Gasteiger partial charge in [0.15, 0.2) is 0 Å². The van der Waals surface area contributed by atoms with Crippen LogP contribution in [-0.2, 0) is 4.79 Å². The molecular weight excluding hydrogens is 204 g/mol. The highest BCUT2D eigenvalue weighted by Crippen LogP contribution is 2.23. The van der Waals surface area contributed by atoms with Crippen molar-refractivity contribution in [1.82, 2.24) is 10.6 Å². The van der Waals surface area contributed by atoms with Crippen molar-refractivity contribution >= 4 is 5.91 Å². The standard InChI is InChI=1S/C12H22N2O2/c1-2-7-13-9-12(16)14-8-10-3-5-11(15)6-4-10/h2,10-11,13,15H,1,3-9H2,(H,14,16). The maximum Gasteiger partial charge on any atom is 0.233 e. The molecule has 1 amide bonds. The summed E-state index contributed by atoms with van der Waals surface area (Å²) in [5, 5.41) is 15.2. The summed E-state index contributed by atoms with van der Waals surface area (Å²) in [4.78, 5) is 11.4. The molecule has 0 aromatic carbocycles. The van der Waals surface area contributed by atoms with E-state index in [4.69, 9.17) is 0 Å². The lowest BCUT2D eigenvalue weighted by Crippen LogP contribution is -2.37. The van der Waals surface area contributed by atoms with Gasteiger partial charge in [-0.2, -0.15) is 0 Å². The monoisotopic (exact) mass is 226 g/mol. The number of rotatable bonds is 6. The largest absolute Gasteiger partial charge is 0.393 e. The molecule has 0 bridgehead atoms. The SMILES string of the molecule is C=CCNCC(=O)NCC1CCC(O)CC1. The Balaban J connectivity index is 2.05. The van der Waals surface area contributed by atoms with E-state index in [1.54, 1.807) is 6.08 Å². The van der Waals surface area contributed by atoms with Crippen LogP contribution < -0.4 is 10.6 Å². The Morgan fingerprint density at radius 2 is 2.06 bits per heavy atom. The first kappa shape index (κ1) is 13.2. The molecule has 1 aliphatic rings. The minimum Gasteiger partial charge on any atom is -0.393 e. The number of nitrogens with one attached hydrogen (secondary N) is 2. The summed E-state index contributed by atoms with van der Waals surface area (Å²) in [6.07, 6.45) is 5.38. The molecule has 0 aromatic heterocycles. The molecule has 3 N–H and O–H groups in total. The Morgan fingerprint density at radius 1 is 1.38 bits per heavy atom. The molecule has 0 saturated heterocycles. The van der Waals surface area contributed by atoms with Crippen LogP contribution in [0.3, 0.4) is 0 Å². The lowest BCUT2D eigenvalue weighted by Gasteiger charge is -2.25. The summed E-state index contributed by atoms with van der Waals surface area (Å²) in [7, 11) is 0. The van der Waals surface area contributed by atoms with Crippen LogP contribution in [0.5, 0.6) is 0 Å². The fraction of sp³-hybridized carbons (Fsp3) is 0.750. The van der Waals surface area contributed by atoms with Gasteiger partial charge < -0.3 is 15.7 Å². The molecule has 0 radical (unpaired) electrons. The van der Waals surface area contributed by atoms with Crippen LogP contribution in [-0.4, -0.2) is 36.8 Å². The lowest BCUT2D eigenvalue weighted by molar-refractivity contribution is -0.120. The van der Waals surface area contributed by atoms with Gasteiger partial charge in [-0.3, -0.25) is 4.79 Å². The lowest BCUT2D eigenvalue weighted by atomic mass is 9.87. The van der Waals surface area contributed by atoms with Crippen LogP contribution in [0.2, 0.25) is 0 Å². The maximum absolute atomic E-state index is 11.4. The summed E-state index contributed by atoms with van der Waals surface area (Å²) < 4.78 is 0. The quantitative estimate of drug-likeness (QED) is 0.454. The fourth-order valence-corrected chi connectivity index (χ4v) is 1.96. The van der Waals surface area contributed by atoms with E-state index in [2.05, 4.69) is 17.2 Å². The van der Waals surface area contributed by atoms with Crippen LogP contribution in [0.25, 0.3) is 0 Å². The van der Waals surface area contributed by atoms with Crippen molar-refractivity contribution in [3.8, 4) is 0 Å². The van der Waals surface area contributed by atoms with Gasteiger partial charge in [-0.15, -0.1) is 6.58 Å². The van der Waals surface area contributed by atoms with Crippen molar-refractivity contribution in [2.45, 2.75) is 31.8 Å². The predicted octanol–water partition coefficient (Wildman–Crippen LogP) is 0.429. The van der Waals surface area contributed by atoms with E-state index >= 15 is 0 Å². The molecule has 0 aromatic rings. The van der Waals surface area contributed by atoms with Crippen molar-refractivity contribution in [2.24, 2.45) is 5.92 Å². The van der Waals surface area contributed by atoms with Crippen LogP contribution in [0, 0.1) is 5.92 Å². The van der Waals surface area contributed by atoms with Gasteiger partial charge in [-0.05, 0) is 31.6 Å². The third-order valence-corrected chi connectivity index (χ3v) is 2.98. The van der Waals surface area contributed by atoms with Crippen LogP contribution in [0.4, 0.5) is 0 Å². The highest BCUT2D eigenvalue weighted by atomic mass is 16.3. The van der Waals surface area contributed by atoms with E-state index in [0.29, 0.717) is 19.0 Å². The Bertz CT molecular complexity index is 223. The fourth-order valence-electron chi connectivity index (χ4n) is 1.96. The second-order valence-electron chi connectivity index (χ2n) is 4.40. The summed E-state index contributed by atoms with van der Waals surface area (Å²) >= 11 is 0. The molecule has 16 heavy (non-hydrogen) atoms. The third-order valence-electron chi connectivity index (χ3n) is 2.98. The molecule has 1 fully saturated rings. The van der Waals surface area contributed by atoms with E-state index < -0.39 is 0 Å². The topological polar surface area (TPSA) is 61.4 Å². The van der Waals surface area contributed by atoms with Crippen molar-refractivity contribution in [3.63, 3.8) is 0 Å². The number of amides is 1. The summed E-state index contributed by atoms with van der Waals surface area (Å²) in [5.74, 6) is 0.569. The molecule has 92 valence electrons. The second-order valence-corrected chi connectivity index (χ2v) is 4.40. The van der Waals surface area contributed by atoms with Crippen molar-refractivity contribution in [2.75, 3.05) is 19.6 Å². The van der Waals surface area contributed by atoms with Crippen molar-refractivity contribution < 1.29 is 9.90 Å². The van der Waals surface area contributed by atoms with Gasteiger partial charge in [0.25, 0.3) is 0 Å². The van der Waals surface area contributed by atoms with Crippen LogP contribution >= 0.6 is 0 Å². The van der Waals surface area contributed by atoms with E-state index in [1.165, 1.54) is 0 Å². The van der Waals surface area contributed by atoms with Crippen LogP contribution in [0.1, 0.15) is 25.7 Å². The number of carbonyl (C=O) groups excluding carboxylic acids is 1. The maximum atomic E-state index is 11.4. The molecule has 4 nitrogen and oxygen atoms in total. The molecule has 0 heterocycles. The Hall–Kier alpha value is -0.870. The van der Waals surface area contributed by atoms with Gasteiger partial charge in [0.2, 0.25) is 5.91 Å². The second kappa shape index (κ2) is 7.41. The van der Waals surface area contributed by atoms with Gasteiger partial charge in [0.05, 0.1) is 12.6 Å². The average Bonchev–Trinajstić information content (AvgIpc) is 2.29. The molecule has 1 rings (SSSR count). The first-order valence-corrected chi connectivity index (χ1v) is 5.98. The molecule has 0 aliphatic heterocycles. The first-order chi connectivity index (χ1) is 7.72. The van der Waals surface area contributed by atoms with Gasteiger partial charge in [-0.25, -0.2) is 0 Å². The highest BCUT2D eigenvalue weighted by Gasteiger charge is 2.19. The molecule has 4 heteroatoms. The molecule has 0 unspecified atom stereocenters. The van der Waals surface area contributed by atoms with E-state index in [0.717, 1.165) is 32.2 Å². The van der Waals surface area contributed by atoms with Crippen molar-refractivity contribution in [3.05, 3.63) is 12.7 Å². The molecule has 0 spiro atoms. The summed E-state index contributed by atoms with van der Waals surface area (Å²) in [6, 6.07) is 0. The molecule has 1 aliphatic carbocycles. The number of aliphatic hydroxyl groups excluding tert-OH is 1. The zero-order valence-electron chi connectivity index (χ0n) is 9.74. The summed E-state index contributed by atoms with van der Waals surface area (Å²) in [6.45, 7) is 5.31. The minimum absolute atomic E-state index is 0.0352. The van der Waals surface area contributed by atoms with E-state index in [9.17, 15) is 9.90 Å².